The molecule has 0 saturated carbocycles. The van der Waals surface area contributed by atoms with Crippen LogP contribution in [0, 0.1) is 25.2 Å². The molecule has 0 unspecified atom stereocenters. The standard InChI is InChI=1S/C14H13N3O/c1-9-7-12(10(2)16-9)14(18)17-13-6-4-3-5-11(13)8-15/h3-7,16H,1-2H3,(H,17,18). The number of aromatic nitrogens is 1. The Morgan fingerprint density at radius 3 is 2.67 bits per heavy atom. The molecule has 4 heteroatoms. The van der Waals surface area contributed by atoms with Crippen LogP contribution in [0.4, 0.5) is 5.69 Å². The molecule has 0 fully saturated rings. The largest absolute Gasteiger partial charge is 0.362 e. The number of hydrogen-bond donors (Lipinski definition) is 2. The molecule has 0 aliphatic rings. The minimum atomic E-state index is -0.209. The number of carbonyl (C=O) groups excluding carboxylic acids is 1. The maximum Gasteiger partial charge on any atom is 0.257 e. The summed E-state index contributed by atoms with van der Waals surface area (Å²) < 4.78 is 0. The van der Waals surface area contributed by atoms with E-state index in [0.29, 0.717) is 16.8 Å². The van der Waals surface area contributed by atoms with Gasteiger partial charge in [0.1, 0.15) is 6.07 Å². The first-order valence-corrected chi connectivity index (χ1v) is 5.58. The van der Waals surface area contributed by atoms with E-state index in [1.54, 1.807) is 30.3 Å². The maximum absolute atomic E-state index is 12.1. The van der Waals surface area contributed by atoms with Gasteiger partial charge in [-0.15, -0.1) is 0 Å². The second-order valence-electron chi connectivity index (χ2n) is 4.10. The summed E-state index contributed by atoms with van der Waals surface area (Å²) in [6, 6.07) is 10.8. The van der Waals surface area contributed by atoms with Gasteiger partial charge in [0.2, 0.25) is 0 Å². The van der Waals surface area contributed by atoms with Gasteiger partial charge in [0.15, 0.2) is 0 Å². The van der Waals surface area contributed by atoms with Gasteiger partial charge in [-0.1, -0.05) is 12.1 Å². The summed E-state index contributed by atoms with van der Waals surface area (Å²) in [6.07, 6.45) is 0. The number of anilines is 1. The first-order valence-electron chi connectivity index (χ1n) is 5.58. The highest BCUT2D eigenvalue weighted by Crippen LogP contribution is 2.16. The molecule has 1 aromatic heterocycles. The van der Waals surface area contributed by atoms with Crippen LogP contribution in [0.2, 0.25) is 0 Å². The molecule has 0 radical (unpaired) electrons. The lowest BCUT2D eigenvalue weighted by molar-refractivity contribution is 0.102. The molecule has 90 valence electrons. The Morgan fingerprint density at radius 2 is 2.06 bits per heavy atom. The summed E-state index contributed by atoms with van der Waals surface area (Å²) in [5.74, 6) is -0.209. The third-order valence-corrected chi connectivity index (χ3v) is 2.69. The molecular formula is C14H13N3O. The Hall–Kier alpha value is -2.54. The lowest BCUT2D eigenvalue weighted by atomic mass is 10.1. The van der Waals surface area contributed by atoms with Crippen molar-refractivity contribution in [1.29, 1.82) is 5.26 Å². The van der Waals surface area contributed by atoms with Gasteiger partial charge in [0.05, 0.1) is 16.8 Å². The smallest absolute Gasteiger partial charge is 0.257 e. The highest BCUT2D eigenvalue weighted by atomic mass is 16.1. The lowest BCUT2D eigenvalue weighted by Gasteiger charge is -2.06. The Balaban J connectivity index is 2.27. The molecule has 1 amide bonds. The molecule has 2 N–H and O–H groups in total. The predicted octanol–water partition coefficient (Wildman–Crippen LogP) is 2.76. The molecule has 0 spiro atoms. The Morgan fingerprint density at radius 1 is 1.33 bits per heavy atom. The number of aromatic amines is 1. The number of nitriles is 1. The van der Waals surface area contributed by atoms with E-state index < -0.39 is 0 Å². The van der Waals surface area contributed by atoms with Gasteiger partial charge in [-0.25, -0.2) is 0 Å². The summed E-state index contributed by atoms with van der Waals surface area (Å²) in [5, 5.41) is 11.7. The molecule has 0 bridgehead atoms. The molecule has 18 heavy (non-hydrogen) atoms. The highest BCUT2D eigenvalue weighted by molar-refractivity contribution is 6.05. The van der Waals surface area contributed by atoms with Crippen LogP contribution in [0.15, 0.2) is 30.3 Å². The van der Waals surface area contributed by atoms with E-state index in [2.05, 4.69) is 10.3 Å². The van der Waals surface area contributed by atoms with E-state index in [0.717, 1.165) is 11.4 Å². The molecule has 4 nitrogen and oxygen atoms in total. The predicted molar refractivity (Wildman–Crippen MR) is 69.4 cm³/mol. The van der Waals surface area contributed by atoms with Crippen LogP contribution in [0.1, 0.15) is 27.3 Å². The van der Waals surface area contributed by atoms with Crippen molar-refractivity contribution in [3.05, 3.63) is 52.8 Å². The molecule has 0 aliphatic carbocycles. The zero-order chi connectivity index (χ0) is 13.1. The second kappa shape index (κ2) is 4.76. The van der Waals surface area contributed by atoms with Crippen molar-refractivity contribution in [1.82, 2.24) is 4.98 Å². The monoisotopic (exact) mass is 239 g/mol. The molecule has 0 saturated heterocycles. The summed E-state index contributed by atoms with van der Waals surface area (Å²) in [4.78, 5) is 15.2. The molecule has 1 heterocycles. The molecule has 0 aliphatic heterocycles. The average molecular weight is 239 g/mol. The summed E-state index contributed by atoms with van der Waals surface area (Å²) in [7, 11) is 0. The zero-order valence-corrected chi connectivity index (χ0v) is 10.2. The van der Waals surface area contributed by atoms with Crippen LogP contribution in [0.5, 0.6) is 0 Å². The van der Waals surface area contributed by atoms with Crippen molar-refractivity contribution < 1.29 is 4.79 Å². The van der Waals surface area contributed by atoms with Crippen molar-refractivity contribution in [3.8, 4) is 6.07 Å². The van der Waals surface area contributed by atoms with Gasteiger partial charge in [0, 0.05) is 11.4 Å². The second-order valence-corrected chi connectivity index (χ2v) is 4.10. The van der Waals surface area contributed by atoms with Crippen molar-refractivity contribution in [3.63, 3.8) is 0 Å². The molecule has 0 atom stereocenters. The number of H-pyrrole nitrogens is 1. The van der Waals surface area contributed by atoms with E-state index in [4.69, 9.17) is 5.26 Å². The van der Waals surface area contributed by atoms with E-state index in [9.17, 15) is 4.79 Å². The highest BCUT2D eigenvalue weighted by Gasteiger charge is 2.12. The zero-order valence-electron chi connectivity index (χ0n) is 10.2. The van der Waals surface area contributed by atoms with E-state index >= 15 is 0 Å². The van der Waals surface area contributed by atoms with Crippen LogP contribution < -0.4 is 5.32 Å². The fourth-order valence-corrected chi connectivity index (χ4v) is 1.84. The van der Waals surface area contributed by atoms with Gasteiger partial charge in [0.25, 0.3) is 5.91 Å². The normalized spacial score (nSPS) is 9.83. The van der Waals surface area contributed by atoms with E-state index in [-0.39, 0.29) is 5.91 Å². The van der Waals surface area contributed by atoms with E-state index in [1.165, 1.54) is 0 Å². The Labute approximate surface area is 105 Å². The molecule has 1 aromatic carbocycles. The van der Waals surface area contributed by atoms with Crippen LogP contribution in [-0.4, -0.2) is 10.9 Å². The summed E-state index contributed by atoms with van der Waals surface area (Å²) in [6.45, 7) is 3.74. The van der Waals surface area contributed by atoms with Crippen LogP contribution in [0.25, 0.3) is 0 Å². The third-order valence-electron chi connectivity index (χ3n) is 2.69. The number of carbonyl (C=O) groups is 1. The Bertz CT molecular complexity index is 635. The lowest BCUT2D eigenvalue weighted by Crippen LogP contribution is -2.13. The number of benzene rings is 1. The fourth-order valence-electron chi connectivity index (χ4n) is 1.84. The van der Waals surface area contributed by atoms with Gasteiger partial charge in [-0.3, -0.25) is 4.79 Å². The first kappa shape index (κ1) is 11.9. The summed E-state index contributed by atoms with van der Waals surface area (Å²) in [5.41, 5.74) is 3.34. The third kappa shape index (κ3) is 2.25. The van der Waals surface area contributed by atoms with Crippen LogP contribution in [-0.2, 0) is 0 Å². The number of hydrogen-bond acceptors (Lipinski definition) is 2. The minimum absolute atomic E-state index is 0.209. The topological polar surface area (TPSA) is 68.7 Å². The van der Waals surface area contributed by atoms with Crippen LogP contribution in [0.3, 0.4) is 0 Å². The Kier molecular flexibility index (Phi) is 3.16. The number of rotatable bonds is 2. The van der Waals surface area contributed by atoms with Crippen LogP contribution >= 0.6 is 0 Å². The summed E-state index contributed by atoms with van der Waals surface area (Å²) >= 11 is 0. The van der Waals surface area contributed by atoms with Gasteiger partial charge < -0.3 is 10.3 Å². The molecular weight excluding hydrogens is 226 g/mol. The van der Waals surface area contributed by atoms with Crippen molar-refractivity contribution >= 4 is 11.6 Å². The number of nitrogens with zero attached hydrogens (tertiary/aromatic N) is 1. The maximum atomic E-state index is 12.1. The SMILES string of the molecule is Cc1cc(C(=O)Nc2ccccc2C#N)c(C)[nH]1. The first-order chi connectivity index (χ1) is 8.61. The van der Waals surface area contributed by atoms with Gasteiger partial charge >= 0.3 is 0 Å². The number of aryl methyl sites for hydroxylation is 2. The quantitative estimate of drug-likeness (QED) is 0.846. The fraction of sp³-hybridized carbons (Fsp3) is 0.143. The number of amides is 1. The van der Waals surface area contributed by atoms with Gasteiger partial charge in [-0.2, -0.15) is 5.26 Å². The van der Waals surface area contributed by atoms with Crippen molar-refractivity contribution in [2.45, 2.75) is 13.8 Å². The molecule has 2 rings (SSSR count). The van der Waals surface area contributed by atoms with Crippen molar-refractivity contribution in [2.24, 2.45) is 0 Å². The van der Waals surface area contributed by atoms with Gasteiger partial charge in [-0.05, 0) is 32.0 Å². The average Bonchev–Trinajstić information content (AvgIpc) is 2.69. The number of para-hydroxylation sites is 1. The minimum Gasteiger partial charge on any atom is -0.362 e. The molecule has 2 aromatic rings. The van der Waals surface area contributed by atoms with E-state index in [1.807, 2.05) is 19.9 Å². The van der Waals surface area contributed by atoms with Crippen molar-refractivity contribution in [2.75, 3.05) is 5.32 Å². The number of nitrogens with one attached hydrogen (secondary N) is 2.